The minimum absolute atomic E-state index is 0.617. The van der Waals surface area contributed by atoms with Crippen LogP contribution in [-0.4, -0.2) is 17.6 Å². The number of rotatable bonds is 2. The highest BCUT2D eigenvalue weighted by molar-refractivity contribution is 5.53. The summed E-state index contributed by atoms with van der Waals surface area (Å²) in [5.41, 5.74) is 8.37. The van der Waals surface area contributed by atoms with Gasteiger partial charge in [-0.3, -0.25) is 4.98 Å². The monoisotopic (exact) mass is 231 g/mol. The van der Waals surface area contributed by atoms with Gasteiger partial charge in [0.05, 0.1) is 11.9 Å². The second-order valence-electron chi connectivity index (χ2n) is 5.30. The van der Waals surface area contributed by atoms with Gasteiger partial charge >= 0.3 is 0 Å². The highest BCUT2D eigenvalue weighted by Gasteiger charge is 2.35. The van der Waals surface area contributed by atoms with Crippen molar-refractivity contribution in [2.75, 3.05) is 11.4 Å². The van der Waals surface area contributed by atoms with E-state index in [0.29, 0.717) is 6.54 Å². The van der Waals surface area contributed by atoms with Crippen LogP contribution in [0.4, 0.5) is 5.69 Å². The molecule has 3 nitrogen and oxygen atoms in total. The van der Waals surface area contributed by atoms with Crippen LogP contribution in [0.5, 0.6) is 0 Å². The Morgan fingerprint density at radius 2 is 2.18 bits per heavy atom. The lowest BCUT2D eigenvalue weighted by molar-refractivity contribution is 0.362. The Labute approximate surface area is 103 Å². The first-order chi connectivity index (χ1) is 8.40. The molecule has 1 saturated heterocycles. The van der Waals surface area contributed by atoms with Gasteiger partial charge in [-0.05, 0) is 43.2 Å². The third-order valence-corrected chi connectivity index (χ3v) is 4.41. The summed E-state index contributed by atoms with van der Waals surface area (Å²) in [6.07, 6.45) is 10.7. The molecule has 1 aliphatic carbocycles. The van der Waals surface area contributed by atoms with Gasteiger partial charge in [0.2, 0.25) is 0 Å². The summed E-state index contributed by atoms with van der Waals surface area (Å²) in [7, 11) is 0. The van der Waals surface area contributed by atoms with Crippen molar-refractivity contribution in [2.45, 2.75) is 44.7 Å². The molecule has 2 unspecified atom stereocenters. The molecular weight excluding hydrogens is 210 g/mol. The van der Waals surface area contributed by atoms with Gasteiger partial charge in [-0.2, -0.15) is 0 Å². The third kappa shape index (κ3) is 1.93. The third-order valence-electron chi connectivity index (χ3n) is 4.41. The SMILES string of the molecule is NCc1ccncc1N1CCCC2CCCC21. The van der Waals surface area contributed by atoms with Crippen molar-refractivity contribution >= 4 is 5.69 Å². The second-order valence-corrected chi connectivity index (χ2v) is 5.30. The van der Waals surface area contributed by atoms with E-state index in [0.717, 1.165) is 12.0 Å². The van der Waals surface area contributed by atoms with Gasteiger partial charge in [0.15, 0.2) is 0 Å². The van der Waals surface area contributed by atoms with Crippen LogP contribution in [0.25, 0.3) is 0 Å². The van der Waals surface area contributed by atoms with E-state index in [-0.39, 0.29) is 0 Å². The Bertz CT molecular complexity index is 391. The fourth-order valence-electron chi connectivity index (χ4n) is 3.60. The molecule has 2 fully saturated rings. The minimum Gasteiger partial charge on any atom is -0.367 e. The zero-order valence-corrected chi connectivity index (χ0v) is 10.3. The number of nitrogens with two attached hydrogens (primary N) is 1. The predicted octanol–water partition coefficient (Wildman–Crippen LogP) is 2.31. The van der Waals surface area contributed by atoms with E-state index in [1.54, 1.807) is 0 Å². The van der Waals surface area contributed by atoms with Gasteiger partial charge in [0, 0.05) is 25.3 Å². The average Bonchev–Trinajstić information content (AvgIpc) is 2.86. The zero-order valence-electron chi connectivity index (χ0n) is 10.3. The van der Waals surface area contributed by atoms with Crippen LogP contribution in [0.15, 0.2) is 18.5 Å². The molecule has 0 amide bonds. The number of hydrogen-bond donors (Lipinski definition) is 1. The van der Waals surface area contributed by atoms with E-state index >= 15 is 0 Å². The molecule has 2 aliphatic rings. The van der Waals surface area contributed by atoms with E-state index in [9.17, 15) is 0 Å². The Balaban J connectivity index is 1.91. The molecule has 0 spiro atoms. The van der Waals surface area contributed by atoms with E-state index in [4.69, 9.17) is 5.73 Å². The summed E-state index contributed by atoms with van der Waals surface area (Å²) in [6, 6.07) is 2.81. The Kier molecular flexibility index (Phi) is 3.02. The van der Waals surface area contributed by atoms with Crippen LogP contribution >= 0.6 is 0 Å². The summed E-state index contributed by atoms with van der Waals surface area (Å²) in [5, 5.41) is 0. The summed E-state index contributed by atoms with van der Waals surface area (Å²) < 4.78 is 0. The first kappa shape index (κ1) is 11.0. The van der Waals surface area contributed by atoms with Crippen molar-refractivity contribution in [1.29, 1.82) is 0 Å². The van der Waals surface area contributed by atoms with E-state index in [1.165, 1.54) is 49.9 Å². The van der Waals surface area contributed by atoms with Crippen molar-refractivity contribution in [1.82, 2.24) is 4.98 Å². The molecule has 0 aromatic carbocycles. The highest BCUT2D eigenvalue weighted by atomic mass is 15.2. The maximum absolute atomic E-state index is 5.84. The fourth-order valence-corrected chi connectivity index (χ4v) is 3.60. The topological polar surface area (TPSA) is 42.1 Å². The molecule has 1 aromatic rings. The van der Waals surface area contributed by atoms with Crippen LogP contribution in [-0.2, 0) is 6.54 Å². The molecule has 17 heavy (non-hydrogen) atoms. The van der Waals surface area contributed by atoms with Gasteiger partial charge in [-0.15, -0.1) is 0 Å². The largest absolute Gasteiger partial charge is 0.367 e. The fraction of sp³-hybridized carbons (Fsp3) is 0.643. The molecule has 0 bridgehead atoms. The normalized spacial score (nSPS) is 28.2. The highest BCUT2D eigenvalue weighted by Crippen LogP contribution is 2.39. The van der Waals surface area contributed by atoms with Crippen LogP contribution in [0.1, 0.15) is 37.7 Å². The second kappa shape index (κ2) is 4.65. The lowest BCUT2D eigenvalue weighted by Crippen LogP contribution is -2.43. The molecule has 2 N–H and O–H groups in total. The molecule has 92 valence electrons. The van der Waals surface area contributed by atoms with Gasteiger partial charge in [0.25, 0.3) is 0 Å². The maximum atomic E-state index is 5.84. The number of nitrogens with zero attached hydrogens (tertiary/aromatic N) is 2. The van der Waals surface area contributed by atoms with Crippen molar-refractivity contribution in [2.24, 2.45) is 11.7 Å². The average molecular weight is 231 g/mol. The quantitative estimate of drug-likeness (QED) is 0.849. The number of aromatic nitrogens is 1. The number of piperidine rings is 1. The standard InChI is InChI=1S/C14H21N3/c15-9-12-6-7-16-10-14(12)17-8-2-4-11-3-1-5-13(11)17/h6-7,10-11,13H,1-5,8-9,15H2. The lowest BCUT2D eigenvalue weighted by atomic mass is 9.91. The van der Waals surface area contributed by atoms with Crippen LogP contribution in [0, 0.1) is 5.92 Å². The van der Waals surface area contributed by atoms with Gasteiger partial charge in [-0.25, -0.2) is 0 Å². The smallest absolute Gasteiger partial charge is 0.0600 e. The minimum atomic E-state index is 0.617. The van der Waals surface area contributed by atoms with Crippen LogP contribution in [0.3, 0.4) is 0 Å². The molecule has 1 aromatic heterocycles. The zero-order chi connectivity index (χ0) is 11.7. The van der Waals surface area contributed by atoms with Crippen molar-refractivity contribution < 1.29 is 0 Å². The molecule has 0 radical (unpaired) electrons. The molecule has 1 saturated carbocycles. The summed E-state index contributed by atoms with van der Waals surface area (Å²) in [4.78, 5) is 6.87. The van der Waals surface area contributed by atoms with Crippen LogP contribution in [0.2, 0.25) is 0 Å². The summed E-state index contributed by atoms with van der Waals surface area (Å²) in [6.45, 7) is 1.80. The Hall–Kier alpha value is -1.09. The number of hydrogen-bond acceptors (Lipinski definition) is 3. The number of fused-ring (bicyclic) bond motifs is 1. The van der Waals surface area contributed by atoms with Gasteiger partial charge in [0.1, 0.15) is 0 Å². The molecule has 1 aliphatic heterocycles. The number of anilines is 1. The van der Waals surface area contributed by atoms with E-state index in [2.05, 4.69) is 16.0 Å². The van der Waals surface area contributed by atoms with E-state index < -0.39 is 0 Å². The molecular formula is C14H21N3. The summed E-state index contributed by atoms with van der Waals surface area (Å²) >= 11 is 0. The van der Waals surface area contributed by atoms with Gasteiger partial charge < -0.3 is 10.6 Å². The first-order valence-corrected chi connectivity index (χ1v) is 6.79. The summed E-state index contributed by atoms with van der Waals surface area (Å²) in [5.74, 6) is 0.912. The molecule has 3 rings (SSSR count). The van der Waals surface area contributed by atoms with Crippen molar-refractivity contribution in [3.8, 4) is 0 Å². The molecule has 3 heteroatoms. The Morgan fingerprint density at radius 3 is 3.06 bits per heavy atom. The van der Waals surface area contributed by atoms with Crippen molar-refractivity contribution in [3.05, 3.63) is 24.0 Å². The van der Waals surface area contributed by atoms with E-state index in [1.807, 2.05) is 12.4 Å². The maximum Gasteiger partial charge on any atom is 0.0600 e. The van der Waals surface area contributed by atoms with Crippen molar-refractivity contribution in [3.63, 3.8) is 0 Å². The lowest BCUT2D eigenvalue weighted by Gasteiger charge is -2.40. The first-order valence-electron chi connectivity index (χ1n) is 6.79. The predicted molar refractivity (Wildman–Crippen MR) is 69.8 cm³/mol. The molecule has 2 atom stereocenters. The van der Waals surface area contributed by atoms with Crippen LogP contribution < -0.4 is 10.6 Å². The Morgan fingerprint density at radius 1 is 1.29 bits per heavy atom. The van der Waals surface area contributed by atoms with Gasteiger partial charge in [-0.1, -0.05) is 6.42 Å². The number of pyridine rings is 1. The molecule has 2 heterocycles.